The van der Waals surface area contributed by atoms with E-state index in [2.05, 4.69) is 58.8 Å². The molecule has 5 heteroatoms. The van der Waals surface area contributed by atoms with Crippen molar-refractivity contribution in [2.45, 2.75) is 44.3 Å². The van der Waals surface area contributed by atoms with Gasteiger partial charge in [-0.05, 0) is 62.5 Å². The molecule has 3 aliphatic rings. The van der Waals surface area contributed by atoms with Gasteiger partial charge in [0.25, 0.3) is 5.56 Å². The number of fused-ring (bicyclic) bond motifs is 4. The average Bonchev–Trinajstić information content (AvgIpc) is 2.75. The Morgan fingerprint density at radius 3 is 2.60 bits per heavy atom. The summed E-state index contributed by atoms with van der Waals surface area (Å²) in [7, 11) is 4.14. The topological polar surface area (TPSA) is 37.7 Å². The van der Waals surface area contributed by atoms with Crippen LogP contribution in [-0.4, -0.2) is 60.8 Å². The second kappa shape index (κ2) is 8.29. The van der Waals surface area contributed by atoms with Gasteiger partial charge in [0, 0.05) is 62.6 Å². The highest BCUT2D eigenvalue weighted by Gasteiger charge is 2.37. The smallest absolute Gasteiger partial charge is 0.258 e. The molecule has 0 amide bonds. The average molecular weight is 408 g/mol. The van der Waals surface area contributed by atoms with E-state index in [0.29, 0.717) is 17.9 Å². The zero-order valence-corrected chi connectivity index (χ0v) is 18.2. The molecule has 3 aliphatic heterocycles. The SMILES string of the molecule is CN(C)Cc1ccccc1-c1ccc2n(c1=O)C[C@H]1C[C@@H]2CN(C2CCOCC2)C1. The van der Waals surface area contributed by atoms with Gasteiger partial charge in [-0.25, -0.2) is 0 Å². The molecule has 2 bridgehead atoms. The number of piperidine rings is 1. The Morgan fingerprint density at radius 2 is 1.80 bits per heavy atom. The Balaban J connectivity index is 1.46. The molecule has 0 radical (unpaired) electrons. The zero-order valence-electron chi connectivity index (χ0n) is 18.2. The molecule has 4 heterocycles. The molecule has 2 aromatic rings. The van der Waals surface area contributed by atoms with Gasteiger partial charge in [0.05, 0.1) is 0 Å². The van der Waals surface area contributed by atoms with Crippen molar-refractivity contribution in [3.8, 4) is 11.1 Å². The summed E-state index contributed by atoms with van der Waals surface area (Å²) in [5.74, 6) is 1.04. The fourth-order valence-corrected chi connectivity index (χ4v) is 5.80. The molecule has 2 fully saturated rings. The van der Waals surface area contributed by atoms with Crippen molar-refractivity contribution >= 4 is 0 Å². The fourth-order valence-electron chi connectivity index (χ4n) is 5.80. The van der Waals surface area contributed by atoms with Crippen molar-refractivity contribution in [1.82, 2.24) is 14.4 Å². The van der Waals surface area contributed by atoms with E-state index in [-0.39, 0.29) is 5.56 Å². The van der Waals surface area contributed by atoms with Crippen LogP contribution in [0.1, 0.15) is 36.4 Å². The van der Waals surface area contributed by atoms with Crippen LogP contribution in [0.5, 0.6) is 0 Å². The Bertz CT molecular complexity index is 961. The van der Waals surface area contributed by atoms with E-state index in [1.54, 1.807) is 0 Å². The summed E-state index contributed by atoms with van der Waals surface area (Å²) in [5, 5.41) is 0. The van der Waals surface area contributed by atoms with Crippen molar-refractivity contribution in [2.75, 3.05) is 40.4 Å². The van der Waals surface area contributed by atoms with Gasteiger partial charge in [0.15, 0.2) is 0 Å². The lowest BCUT2D eigenvalue weighted by molar-refractivity contribution is 0.00589. The van der Waals surface area contributed by atoms with Crippen LogP contribution in [0.15, 0.2) is 41.2 Å². The summed E-state index contributed by atoms with van der Waals surface area (Å²) in [6, 6.07) is 13.3. The number of nitrogens with zero attached hydrogens (tertiary/aromatic N) is 3. The van der Waals surface area contributed by atoms with Crippen LogP contribution in [0.2, 0.25) is 0 Å². The van der Waals surface area contributed by atoms with Gasteiger partial charge < -0.3 is 14.2 Å². The van der Waals surface area contributed by atoms with Crippen LogP contribution in [0.4, 0.5) is 0 Å². The zero-order chi connectivity index (χ0) is 20.7. The minimum absolute atomic E-state index is 0.188. The van der Waals surface area contributed by atoms with Crippen molar-refractivity contribution in [2.24, 2.45) is 5.92 Å². The van der Waals surface area contributed by atoms with Crippen molar-refractivity contribution < 1.29 is 4.74 Å². The fraction of sp³-hybridized carbons (Fsp3) is 0.560. The summed E-state index contributed by atoms with van der Waals surface area (Å²) >= 11 is 0. The van der Waals surface area contributed by atoms with Crippen LogP contribution >= 0.6 is 0 Å². The first-order chi connectivity index (χ1) is 14.6. The first kappa shape index (κ1) is 20.0. The maximum Gasteiger partial charge on any atom is 0.258 e. The van der Waals surface area contributed by atoms with E-state index in [1.165, 1.54) is 17.7 Å². The molecule has 0 aliphatic carbocycles. The van der Waals surface area contributed by atoms with Gasteiger partial charge in [0.2, 0.25) is 0 Å². The second-order valence-corrected chi connectivity index (χ2v) is 9.58. The Morgan fingerprint density at radius 1 is 1.00 bits per heavy atom. The highest BCUT2D eigenvalue weighted by molar-refractivity contribution is 5.66. The number of likely N-dealkylation sites (tertiary alicyclic amines) is 1. The summed E-state index contributed by atoms with van der Waals surface area (Å²) in [5.41, 5.74) is 4.56. The molecule has 2 atom stereocenters. The highest BCUT2D eigenvalue weighted by atomic mass is 16.5. The number of aromatic nitrogens is 1. The number of ether oxygens (including phenoxy) is 1. The van der Waals surface area contributed by atoms with E-state index in [9.17, 15) is 4.79 Å². The van der Waals surface area contributed by atoms with E-state index < -0.39 is 0 Å². The van der Waals surface area contributed by atoms with Gasteiger partial charge in [-0.1, -0.05) is 24.3 Å². The largest absolute Gasteiger partial charge is 0.381 e. The lowest BCUT2D eigenvalue weighted by Gasteiger charge is -2.46. The molecule has 5 rings (SSSR count). The van der Waals surface area contributed by atoms with Crippen LogP contribution in [-0.2, 0) is 17.8 Å². The van der Waals surface area contributed by atoms with Gasteiger partial charge in [-0.2, -0.15) is 0 Å². The van der Waals surface area contributed by atoms with E-state index in [0.717, 1.165) is 63.4 Å². The first-order valence-electron chi connectivity index (χ1n) is 11.4. The van der Waals surface area contributed by atoms with Crippen LogP contribution < -0.4 is 5.56 Å². The number of pyridine rings is 1. The van der Waals surface area contributed by atoms with Crippen LogP contribution in [0, 0.1) is 5.92 Å². The third-order valence-corrected chi connectivity index (χ3v) is 7.13. The highest BCUT2D eigenvalue weighted by Crippen LogP contribution is 2.37. The number of rotatable bonds is 4. The monoisotopic (exact) mass is 407 g/mol. The van der Waals surface area contributed by atoms with Gasteiger partial charge in [0.1, 0.15) is 0 Å². The quantitative estimate of drug-likeness (QED) is 0.780. The third kappa shape index (κ3) is 3.75. The molecule has 1 aromatic carbocycles. The maximum absolute atomic E-state index is 13.6. The summed E-state index contributed by atoms with van der Waals surface area (Å²) in [6.07, 6.45) is 3.51. The molecule has 30 heavy (non-hydrogen) atoms. The van der Waals surface area contributed by atoms with E-state index in [4.69, 9.17) is 4.74 Å². The Kier molecular flexibility index (Phi) is 5.52. The first-order valence-corrected chi connectivity index (χ1v) is 11.4. The summed E-state index contributed by atoms with van der Waals surface area (Å²) < 4.78 is 7.67. The molecule has 0 spiro atoms. The molecule has 0 unspecified atom stereocenters. The predicted molar refractivity (Wildman–Crippen MR) is 120 cm³/mol. The molecular formula is C25H33N3O2. The minimum atomic E-state index is 0.188. The molecule has 1 aromatic heterocycles. The Labute approximate surface area is 179 Å². The van der Waals surface area contributed by atoms with Crippen molar-refractivity contribution in [1.29, 1.82) is 0 Å². The van der Waals surface area contributed by atoms with Crippen molar-refractivity contribution in [3.05, 3.63) is 58.0 Å². The molecule has 2 saturated heterocycles. The standard InChI is InChI=1S/C25H33N3O2/c1-26(2)16-19-5-3-4-6-22(19)23-7-8-24-20-13-18(15-28(24)25(23)29)14-27(17-20)21-9-11-30-12-10-21/h3-8,18,20-21H,9-17H2,1-2H3/t18-,20+/m0/s1. The van der Waals surface area contributed by atoms with Gasteiger partial charge in [-0.3, -0.25) is 9.69 Å². The minimum Gasteiger partial charge on any atom is -0.381 e. The summed E-state index contributed by atoms with van der Waals surface area (Å²) in [6.45, 7) is 5.67. The van der Waals surface area contributed by atoms with Gasteiger partial charge in [-0.15, -0.1) is 0 Å². The van der Waals surface area contributed by atoms with E-state index in [1.807, 2.05) is 6.07 Å². The van der Waals surface area contributed by atoms with Crippen LogP contribution in [0.3, 0.4) is 0 Å². The Hall–Kier alpha value is -1.95. The van der Waals surface area contributed by atoms with E-state index >= 15 is 0 Å². The normalized spacial score (nSPS) is 24.8. The van der Waals surface area contributed by atoms with Crippen LogP contribution in [0.25, 0.3) is 11.1 Å². The van der Waals surface area contributed by atoms with Gasteiger partial charge >= 0.3 is 0 Å². The second-order valence-electron chi connectivity index (χ2n) is 9.58. The third-order valence-electron chi connectivity index (χ3n) is 7.13. The molecule has 0 saturated carbocycles. The maximum atomic E-state index is 13.6. The summed E-state index contributed by atoms with van der Waals surface area (Å²) in [4.78, 5) is 18.4. The number of hydrogen-bond donors (Lipinski definition) is 0. The lowest BCUT2D eigenvalue weighted by atomic mass is 9.81. The molecule has 0 N–H and O–H groups in total. The lowest BCUT2D eigenvalue weighted by Crippen LogP contribution is -2.51. The number of benzene rings is 1. The van der Waals surface area contributed by atoms with Crippen molar-refractivity contribution in [3.63, 3.8) is 0 Å². The molecule has 160 valence electrons. The molecule has 5 nitrogen and oxygen atoms in total. The molecular weight excluding hydrogens is 374 g/mol. The predicted octanol–water partition coefficient (Wildman–Crippen LogP) is 3.18. The number of hydrogen-bond acceptors (Lipinski definition) is 4.